The second kappa shape index (κ2) is 6.95. The monoisotopic (exact) mass is 260 g/mol. The van der Waals surface area contributed by atoms with Crippen molar-refractivity contribution in [2.24, 2.45) is 0 Å². The Morgan fingerprint density at radius 2 is 2.11 bits per heavy atom. The molecule has 4 nitrogen and oxygen atoms in total. The highest BCUT2D eigenvalue weighted by molar-refractivity contribution is 5.77. The Morgan fingerprint density at radius 3 is 2.74 bits per heavy atom. The molecule has 4 heteroatoms. The molecule has 1 aliphatic rings. The van der Waals surface area contributed by atoms with E-state index < -0.39 is 0 Å². The highest BCUT2D eigenvalue weighted by atomic mass is 16.5. The van der Waals surface area contributed by atoms with Crippen molar-refractivity contribution in [3.63, 3.8) is 0 Å². The molecule has 1 saturated carbocycles. The molecule has 0 spiro atoms. The van der Waals surface area contributed by atoms with Gasteiger partial charge in [-0.1, -0.05) is 18.2 Å². The standard InChI is InChI=1S/C15H20N2O2/c1-2-9-16-15(18)11-19-14-7-3-12(4-8-14)10-17-13-5-6-13/h2-4,7-8,13,17H,1,5-6,9-11H2,(H,16,18). The van der Waals surface area contributed by atoms with Gasteiger partial charge in [-0.2, -0.15) is 0 Å². The summed E-state index contributed by atoms with van der Waals surface area (Å²) >= 11 is 0. The van der Waals surface area contributed by atoms with Crippen molar-refractivity contribution in [2.75, 3.05) is 13.2 Å². The molecule has 0 atom stereocenters. The van der Waals surface area contributed by atoms with Crippen molar-refractivity contribution in [3.8, 4) is 5.75 Å². The predicted molar refractivity (Wildman–Crippen MR) is 75.0 cm³/mol. The van der Waals surface area contributed by atoms with E-state index in [1.54, 1.807) is 6.08 Å². The zero-order valence-corrected chi connectivity index (χ0v) is 11.0. The van der Waals surface area contributed by atoms with Gasteiger partial charge in [-0.05, 0) is 30.5 Å². The van der Waals surface area contributed by atoms with E-state index in [-0.39, 0.29) is 12.5 Å². The van der Waals surface area contributed by atoms with Gasteiger partial charge in [0.25, 0.3) is 5.91 Å². The van der Waals surface area contributed by atoms with Crippen molar-refractivity contribution in [1.29, 1.82) is 0 Å². The molecule has 1 aliphatic carbocycles. The number of rotatable bonds is 8. The number of carbonyl (C=O) groups excluding carboxylic acids is 1. The van der Waals surface area contributed by atoms with Gasteiger partial charge in [-0.15, -0.1) is 6.58 Å². The van der Waals surface area contributed by atoms with E-state index in [1.165, 1.54) is 18.4 Å². The maximum Gasteiger partial charge on any atom is 0.258 e. The van der Waals surface area contributed by atoms with Crippen molar-refractivity contribution >= 4 is 5.91 Å². The van der Waals surface area contributed by atoms with Gasteiger partial charge in [0.2, 0.25) is 0 Å². The Kier molecular flexibility index (Phi) is 4.98. The van der Waals surface area contributed by atoms with Crippen LogP contribution in [0.25, 0.3) is 0 Å². The third kappa shape index (κ3) is 5.14. The zero-order chi connectivity index (χ0) is 13.5. The number of ether oxygens (including phenoxy) is 1. The average molecular weight is 260 g/mol. The third-order valence-electron chi connectivity index (χ3n) is 2.91. The number of benzene rings is 1. The number of hydrogen-bond acceptors (Lipinski definition) is 3. The fraction of sp³-hybridized carbons (Fsp3) is 0.400. The average Bonchev–Trinajstić information content (AvgIpc) is 3.26. The Balaban J connectivity index is 1.71. The van der Waals surface area contributed by atoms with E-state index in [2.05, 4.69) is 17.2 Å². The molecule has 1 aromatic carbocycles. The summed E-state index contributed by atoms with van der Waals surface area (Å²) in [6, 6.07) is 8.54. The zero-order valence-electron chi connectivity index (χ0n) is 11.0. The molecule has 1 aromatic rings. The molecule has 0 bridgehead atoms. The molecule has 0 saturated heterocycles. The van der Waals surface area contributed by atoms with E-state index in [9.17, 15) is 4.79 Å². The Labute approximate surface area is 113 Å². The Bertz CT molecular complexity index is 424. The first-order chi connectivity index (χ1) is 9.28. The van der Waals surface area contributed by atoms with Gasteiger partial charge in [0.05, 0.1) is 0 Å². The first-order valence-corrected chi connectivity index (χ1v) is 6.60. The fourth-order valence-corrected chi connectivity index (χ4v) is 1.64. The number of amides is 1. The van der Waals surface area contributed by atoms with E-state index in [0.29, 0.717) is 18.3 Å². The third-order valence-corrected chi connectivity index (χ3v) is 2.91. The van der Waals surface area contributed by atoms with Crippen LogP contribution < -0.4 is 15.4 Å². The highest BCUT2D eigenvalue weighted by Gasteiger charge is 2.19. The molecule has 1 amide bonds. The lowest BCUT2D eigenvalue weighted by atomic mass is 10.2. The minimum atomic E-state index is -0.139. The second-order valence-corrected chi connectivity index (χ2v) is 4.68. The minimum absolute atomic E-state index is 0.0352. The molecule has 19 heavy (non-hydrogen) atoms. The molecule has 2 N–H and O–H groups in total. The van der Waals surface area contributed by atoms with Crippen LogP contribution in [0, 0.1) is 0 Å². The number of nitrogens with one attached hydrogen (secondary N) is 2. The Hall–Kier alpha value is -1.81. The van der Waals surface area contributed by atoms with Crippen LogP contribution in [0.1, 0.15) is 18.4 Å². The lowest BCUT2D eigenvalue weighted by molar-refractivity contribution is -0.122. The molecule has 1 fully saturated rings. The summed E-state index contributed by atoms with van der Waals surface area (Å²) in [5.74, 6) is 0.573. The molecule has 2 rings (SSSR count). The molecule has 0 aromatic heterocycles. The van der Waals surface area contributed by atoms with Crippen LogP contribution in [-0.2, 0) is 11.3 Å². The second-order valence-electron chi connectivity index (χ2n) is 4.68. The first-order valence-electron chi connectivity index (χ1n) is 6.60. The SMILES string of the molecule is C=CCNC(=O)COc1ccc(CNC2CC2)cc1. The summed E-state index contributed by atoms with van der Waals surface area (Å²) < 4.78 is 5.39. The van der Waals surface area contributed by atoms with Gasteiger partial charge in [0, 0.05) is 19.1 Å². The molecular formula is C15H20N2O2. The molecule has 0 radical (unpaired) electrons. The van der Waals surface area contributed by atoms with Crippen LogP contribution in [0.5, 0.6) is 5.75 Å². The van der Waals surface area contributed by atoms with Gasteiger partial charge < -0.3 is 15.4 Å². The van der Waals surface area contributed by atoms with Gasteiger partial charge in [-0.3, -0.25) is 4.79 Å². The van der Waals surface area contributed by atoms with E-state index in [0.717, 1.165) is 6.54 Å². The number of hydrogen-bond donors (Lipinski definition) is 2. The summed E-state index contributed by atoms with van der Waals surface area (Å²) in [6.07, 6.45) is 4.22. The lowest BCUT2D eigenvalue weighted by Crippen LogP contribution is -2.28. The molecule has 0 heterocycles. The van der Waals surface area contributed by atoms with Crippen molar-refractivity contribution < 1.29 is 9.53 Å². The van der Waals surface area contributed by atoms with E-state index in [4.69, 9.17) is 4.74 Å². The summed E-state index contributed by atoms with van der Waals surface area (Å²) in [4.78, 5) is 11.3. The molecular weight excluding hydrogens is 240 g/mol. The van der Waals surface area contributed by atoms with Crippen molar-refractivity contribution in [1.82, 2.24) is 10.6 Å². The summed E-state index contributed by atoms with van der Waals surface area (Å²) in [5.41, 5.74) is 1.23. The molecule has 102 valence electrons. The topological polar surface area (TPSA) is 50.4 Å². The summed E-state index contributed by atoms with van der Waals surface area (Å²) in [6.45, 7) is 4.93. The smallest absolute Gasteiger partial charge is 0.258 e. The Morgan fingerprint density at radius 1 is 1.37 bits per heavy atom. The van der Waals surface area contributed by atoms with Crippen LogP contribution in [0.15, 0.2) is 36.9 Å². The van der Waals surface area contributed by atoms with Crippen LogP contribution in [0.2, 0.25) is 0 Å². The van der Waals surface area contributed by atoms with Crippen molar-refractivity contribution in [3.05, 3.63) is 42.5 Å². The molecule has 0 aliphatic heterocycles. The van der Waals surface area contributed by atoms with Crippen molar-refractivity contribution in [2.45, 2.75) is 25.4 Å². The van der Waals surface area contributed by atoms with Gasteiger partial charge >= 0.3 is 0 Å². The van der Waals surface area contributed by atoms with Gasteiger partial charge in [-0.25, -0.2) is 0 Å². The normalized spacial score (nSPS) is 13.9. The van der Waals surface area contributed by atoms with Gasteiger partial charge in [0.1, 0.15) is 5.75 Å². The summed E-state index contributed by atoms with van der Waals surface area (Å²) in [5, 5.41) is 6.11. The quantitative estimate of drug-likeness (QED) is 0.698. The predicted octanol–water partition coefficient (Wildman–Crippen LogP) is 1.62. The van der Waals surface area contributed by atoms with E-state index >= 15 is 0 Å². The van der Waals surface area contributed by atoms with E-state index in [1.807, 2.05) is 24.3 Å². The van der Waals surface area contributed by atoms with Crippen LogP contribution in [-0.4, -0.2) is 25.1 Å². The molecule has 0 unspecified atom stereocenters. The van der Waals surface area contributed by atoms with Gasteiger partial charge in [0.15, 0.2) is 6.61 Å². The number of carbonyl (C=O) groups is 1. The van der Waals surface area contributed by atoms with Crippen LogP contribution in [0.3, 0.4) is 0 Å². The maximum absolute atomic E-state index is 11.3. The largest absolute Gasteiger partial charge is 0.484 e. The summed E-state index contributed by atoms with van der Waals surface area (Å²) in [7, 11) is 0. The fourth-order valence-electron chi connectivity index (χ4n) is 1.64. The highest BCUT2D eigenvalue weighted by Crippen LogP contribution is 2.19. The minimum Gasteiger partial charge on any atom is -0.484 e. The van der Waals surface area contributed by atoms with Crippen LogP contribution in [0.4, 0.5) is 0 Å². The first kappa shape index (κ1) is 13.6. The maximum atomic E-state index is 11.3. The van der Waals surface area contributed by atoms with Crippen LogP contribution >= 0.6 is 0 Å². The lowest BCUT2D eigenvalue weighted by Gasteiger charge is -2.07.